The fourth-order valence-corrected chi connectivity index (χ4v) is 4.18. The van der Waals surface area contributed by atoms with Gasteiger partial charge in [-0.2, -0.15) is 5.10 Å². The normalized spacial score (nSPS) is 14.3. The number of halogens is 2. The molecule has 0 unspecified atom stereocenters. The van der Waals surface area contributed by atoms with Gasteiger partial charge in [0, 0.05) is 30.1 Å². The first-order valence-corrected chi connectivity index (χ1v) is 11.1. The zero-order valence-corrected chi connectivity index (χ0v) is 18.7. The van der Waals surface area contributed by atoms with Gasteiger partial charge in [0.15, 0.2) is 17.5 Å². The SMILES string of the molecule is Nc1nc(-c2nn(Cc3ccccc3F)c3c(F)cccc23)nc(N)c1NC(=O)C1CCOCC1. The minimum absolute atomic E-state index is 0.00564. The van der Waals surface area contributed by atoms with Gasteiger partial charge in [-0.05, 0) is 25.0 Å². The molecule has 0 spiro atoms. The smallest absolute Gasteiger partial charge is 0.227 e. The Balaban J connectivity index is 1.52. The van der Waals surface area contributed by atoms with Crippen molar-refractivity contribution in [3.8, 4) is 11.5 Å². The van der Waals surface area contributed by atoms with Gasteiger partial charge in [0.25, 0.3) is 0 Å². The molecule has 9 nitrogen and oxygen atoms in total. The van der Waals surface area contributed by atoms with Gasteiger partial charge >= 0.3 is 0 Å². The van der Waals surface area contributed by atoms with Gasteiger partial charge in [0.05, 0.1) is 6.54 Å². The molecule has 1 aliphatic rings. The molecule has 1 saturated heterocycles. The average Bonchev–Trinajstić information content (AvgIpc) is 3.23. The summed E-state index contributed by atoms with van der Waals surface area (Å²) in [6.07, 6.45) is 1.20. The average molecular weight is 479 g/mol. The Morgan fingerprint density at radius 2 is 1.71 bits per heavy atom. The van der Waals surface area contributed by atoms with Crippen molar-refractivity contribution < 1.29 is 18.3 Å². The standard InChI is InChI=1S/C24H23F2N7O2/c25-16-6-2-1-4-14(16)12-33-20-15(5-3-7-17(20)26)18(32-33)23-30-21(27)19(22(28)31-23)29-24(34)13-8-10-35-11-9-13/h1-7,13H,8-12H2,(H,29,34)(H4,27,28,30,31). The Hall–Kier alpha value is -4.12. The monoisotopic (exact) mass is 479 g/mol. The lowest BCUT2D eigenvalue weighted by molar-refractivity contribution is -0.122. The molecule has 2 aromatic heterocycles. The molecule has 5 N–H and O–H groups in total. The molecule has 3 heterocycles. The number of hydrogen-bond donors (Lipinski definition) is 3. The minimum atomic E-state index is -0.529. The van der Waals surface area contributed by atoms with Crippen molar-refractivity contribution in [2.75, 3.05) is 30.0 Å². The molecular formula is C24H23F2N7O2. The molecule has 0 atom stereocenters. The van der Waals surface area contributed by atoms with Crippen molar-refractivity contribution >= 4 is 34.1 Å². The Morgan fingerprint density at radius 3 is 2.43 bits per heavy atom. The molecule has 180 valence electrons. The highest BCUT2D eigenvalue weighted by Crippen LogP contribution is 2.32. The lowest BCUT2D eigenvalue weighted by Crippen LogP contribution is -2.29. The van der Waals surface area contributed by atoms with Gasteiger partial charge in [-0.1, -0.05) is 30.3 Å². The van der Waals surface area contributed by atoms with E-state index in [1.807, 2.05) is 0 Å². The maximum atomic E-state index is 14.8. The van der Waals surface area contributed by atoms with E-state index in [2.05, 4.69) is 20.4 Å². The van der Waals surface area contributed by atoms with Crippen molar-refractivity contribution in [1.29, 1.82) is 0 Å². The van der Waals surface area contributed by atoms with Gasteiger partial charge in [-0.25, -0.2) is 18.7 Å². The number of nitrogens with one attached hydrogen (secondary N) is 1. The molecule has 0 radical (unpaired) electrons. The van der Waals surface area contributed by atoms with Gasteiger partial charge in [0.2, 0.25) is 5.91 Å². The molecule has 11 heteroatoms. The van der Waals surface area contributed by atoms with Gasteiger partial charge < -0.3 is 21.5 Å². The highest BCUT2D eigenvalue weighted by atomic mass is 19.1. The summed E-state index contributed by atoms with van der Waals surface area (Å²) in [7, 11) is 0. The van der Waals surface area contributed by atoms with Crippen LogP contribution in [0, 0.1) is 17.6 Å². The van der Waals surface area contributed by atoms with Crippen LogP contribution in [0.3, 0.4) is 0 Å². The van der Waals surface area contributed by atoms with Crippen LogP contribution >= 0.6 is 0 Å². The predicted molar refractivity (Wildman–Crippen MR) is 127 cm³/mol. The van der Waals surface area contributed by atoms with Crippen molar-refractivity contribution in [2.24, 2.45) is 5.92 Å². The predicted octanol–water partition coefficient (Wildman–Crippen LogP) is 3.35. The van der Waals surface area contributed by atoms with E-state index in [1.165, 1.54) is 22.9 Å². The number of ether oxygens (including phenoxy) is 1. The van der Waals surface area contributed by atoms with Crippen molar-refractivity contribution in [2.45, 2.75) is 19.4 Å². The number of benzene rings is 2. The first-order valence-electron chi connectivity index (χ1n) is 11.1. The van der Waals surface area contributed by atoms with E-state index in [-0.39, 0.29) is 52.7 Å². The van der Waals surface area contributed by atoms with Crippen LogP contribution in [-0.2, 0) is 16.1 Å². The summed E-state index contributed by atoms with van der Waals surface area (Å²) in [4.78, 5) is 21.2. The van der Waals surface area contributed by atoms with E-state index in [9.17, 15) is 13.6 Å². The van der Waals surface area contributed by atoms with E-state index in [0.717, 1.165) is 0 Å². The number of carbonyl (C=O) groups is 1. The number of nitrogens with zero attached hydrogens (tertiary/aromatic N) is 4. The maximum absolute atomic E-state index is 14.8. The van der Waals surface area contributed by atoms with Crippen LogP contribution in [0.25, 0.3) is 22.4 Å². The Kier molecular flexibility index (Phi) is 6.00. The number of rotatable bonds is 5. The van der Waals surface area contributed by atoms with Crippen molar-refractivity contribution in [1.82, 2.24) is 19.7 Å². The largest absolute Gasteiger partial charge is 0.382 e. The number of carbonyl (C=O) groups excluding carboxylic acids is 1. The van der Waals surface area contributed by atoms with Crippen molar-refractivity contribution in [3.05, 3.63) is 59.7 Å². The van der Waals surface area contributed by atoms with Crippen LogP contribution in [-0.4, -0.2) is 38.9 Å². The molecular weight excluding hydrogens is 456 g/mol. The van der Waals surface area contributed by atoms with Crippen LogP contribution < -0.4 is 16.8 Å². The Morgan fingerprint density at radius 1 is 1.03 bits per heavy atom. The minimum Gasteiger partial charge on any atom is -0.382 e. The Bertz CT molecular complexity index is 1390. The first-order chi connectivity index (χ1) is 16.9. The van der Waals surface area contributed by atoms with Gasteiger partial charge in [0.1, 0.15) is 28.5 Å². The topological polar surface area (TPSA) is 134 Å². The summed E-state index contributed by atoms with van der Waals surface area (Å²) < 4.78 is 35.7. The molecule has 4 aromatic rings. The molecule has 1 amide bonds. The summed E-state index contributed by atoms with van der Waals surface area (Å²) in [6, 6.07) is 10.7. The third-order valence-electron chi connectivity index (χ3n) is 6.02. The fourth-order valence-electron chi connectivity index (χ4n) is 4.18. The summed E-state index contributed by atoms with van der Waals surface area (Å²) in [5, 5.41) is 7.61. The molecule has 0 saturated carbocycles. The van der Waals surface area contributed by atoms with E-state index in [4.69, 9.17) is 16.2 Å². The summed E-state index contributed by atoms with van der Waals surface area (Å²) in [6.45, 7) is 1.02. The lowest BCUT2D eigenvalue weighted by Gasteiger charge is -2.21. The molecule has 2 aromatic carbocycles. The number of fused-ring (bicyclic) bond motifs is 1. The summed E-state index contributed by atoms with van der Waals surface area (Å²) in [5.74, 6) is -1.43. The van der Waals surface area contributed by atoms with Crippen LogP contribution in [0.15, 0.2) is 42.5 Å². The third kappa shape index (κ3) is 4.37. The zero-order chi connectivity index (χ0) is 24.5. The molecule has 1 aliphatic heterocycles. The highest BCUT2D eigenvalue weighted by Gasteiger charge is 2.25. The molecule has 0 bridgehead atoms. The molecule has 1 fully saturated rings. The number of para-hydroxylation sites is 1. The second-order valence-corrected chi connectivity index (χ2v) is 8.30. The molecule has 35 heavy (non-hydrogen) atoms. The first kappa shape index (κ1) is 22.7. The van der Waals surface area contributed by atoms with Crippen molar-refractivity contribution in [3.63, 3.8) is 0 Å². The zero-order valence-electron chi connectivity index (χ0n) is 18.7. The quantitative estimate of drug-likeness (QED) is 0.400. The molecule has 0 aliphatic carbocycles. The number of hydrogen-bond acceptors (Lipinski definition) is 7. The van der Waals surface area contributed by atoms with Crippen LogP contribution in [0.2, 0.25) is 0 Å². The second-order valence-electron chi connectivity index (χ2n) is 8.30. The summed E-state index contributed by atoms with van der Waals surface area (Å²) >= 11 is 0. The van der Waals surface area contributed by atoms with E-state index in [1.54, 1.807) is 24.3 Å². The van der Waals surface area contributed by atoms with Gasteiger partial charge in [-0.15, -0.1) is 0 Å². The number of aromatic nitrogens is 4. The highest BCUT2D eigenvalue weighted by molar-refractivity contribution is 5.99. The van der Waals surface area contributed by atoms with Gasteiger partial charge in [-0.3, -0.25) is 9.48 Å². The number of anilines is 3. The van der Waals surface area contributed by atoms with E-state index >= 15 is 0 Å². The number of amides is 1. The van der Waals surface area contributed by atoms with Crippen LogP contribution in [0.5, 0.6) is 0 Å². The van der Waals surface area contributed by atoms with Crippen LogP contribution in [0.4, 0.5) is 26.1 Å². The van der Waals surface area contributed by atoms with E-state index in [0.29, 0.717) is 37.0 Å². The maximum Gasteiger partial charge on any atom is 0.227 e. The number of nitrogens with two attached hydrogens (primary N) is 2. The number of nitrogen functional groups attached to an aromatic ring is 2. The second kappa shape index (κ2) is 9.26. The lowest BCUT2D eigenvalue weighted by atomic mass is 9.99. The third-order valence-corrected chi connectivity index (χ3v) is 6.02. The van der Waals surface area contributed by atoms with Crippen LogP contribution in [0.1, 0.15) is 18.4 Å². The Labute approximate surface area is 199 Å². The van der Waals surface area contributed by atoms with E-state index < -0.39 is 11.6 Å². The molecule has 5 rings (SSSR count). The fraction of sp³-hybridized carbons (Fsp3) is 0.250. The summed E-state index contributed by atoms with van der Waals surface area (Å²) in [5.41, 5.74) is 13.1.